The Morgan fingerprint density at radius 3 is 2.33 bits per heavy atom. The summed E-state index contributed by atoms with van der Waals surface area (Å²) in [5, 5.41) is 0.811. The van der Waals surface area contributed by atoms with Crippen molar-refractivity contribution in [2.45, 2.75) is 11.9 Å². The number of thiophene rings is 1. The first-order valence-corrected chi connectivity index (χ1v) is 8.91. The van der Waals surface area contributed by atoms with Crippen LogP contribution in [-0.2, 0) is 11.9 Å². The molecule has 0 amide bonds. The summed E-state index contributed by atoms with van der Waals surface area (Å²) >= 11 is 17.9. The van der Waals surface area contributed by atoms with Gasteiger partial charge in [-0.15, -0.1) is 11.3 Å². The number of rotatable bonds is 4. The van der Waals surface area contributed by atoms with E-state index in [1.165, 1.54) is 16.9 Å². The van der Waals surface area contributed by atoms with Crippen molar-refractivity contribution in [3.8, 4) is 5.75 Å². The Hall–Kier alpha value is 0.450. The standard InChI is InChI=1S/C12H8Br3ClOS/c13-5-7-3-9(14)12(10(15)4-7)17-6-8-1-2-11(16)18-8/h1-4H,5-6H2. The molecule has 2 rings (SSSR count). The predicted octanol–water partition coefficient (Wildman–Crippen LogP) is 6.40. The lowest BCUT2D eigenvalue weighted by atomic mass is 10.2. The lowest BCUT2D eigenvalue weighted by Gasteiger charge is -2.10. The molecule has 1 heterocycles. The van der Waals surface area contributed by atoms with Crippen molar-refractivity contribution < 1.29 is 4.74 Å². The van der Waals surface area contributed by atoms with Gasteiger partial charge >= 0.3 is 0 Å². The van der Waals surface area contributed by atoms with E-state index in [-0.39, 0.29) is 0 Å². The van der Waals surface area contributed by atoms with Crippen LogP contribution in [0.15, 0.2) is 33.2 Å². The Bertz CT molecular complexity index is 533. The lowest BCUT2D eigenvalue weighted by molar-refractivity contribution is 0.306. The van der Waals surface area contributed by atoms with Crippen molar-refractivity contribution in [1.29, 1.82) is 0 Å². The quantitative estimate of drug-likeness (QED) is 0.465. The third-order valence-electron chi connectivity index (χ3n) is 2.20. The largest absolute Gasteiger partial charge is 0.486 e. The van der Waals surface area contributed by atoms with Gasteiger partial charge < -0.3 is 4.74 Å². The Morgan fingerprint density at radius 1 is 1.17 bits per heavy atom. The van der Waals surface area contributed by atoms with Crippen LogP contribution in [0, 0.1) is 0 Å². The maximum absolute atomic E-state index is 5.88. The molecule has 1 aromatic carbocycles. The van der Waals surface area contributed by atoms with Gasteiger partial charge in [0, 0.05) is 10.2 Å². The van der Waals surface area contributed by atoms with Crippen LogP contribution in [-0.4, -0.2) is 0 Å². The van der Waals surface area contributed by atoms with E-state index in [1.54, 1.807) is 0 Å². The molecule has 6 heteroatoms. The molecule has 0 aliphatic carbocycles. The van der Waals surface area contributed by atoms with E-state index in [0.29, 0.717) is 6.61 Å². The molecule has 96 valence electrons. The third-order valence-corrected chi connectivity index (χ3v) is 5.23. The van der Waals surface area contributed by atoms with E-state index in [4.69, 9.17) is 16.3 Å². The zero-order valence-corrected chi connectivity index (χ0v) is 15.4. The van der Waals surface area contributed by atoms with Crippen molar-refractivity contribution in [2.24, 2.45) is 0 Å². The molecule has 0 radical (unpaired) electrons. The summed E-state index contributed by atoms with van der Waals surface area (Å²) in [4.78, 5) is 1.10. The molecule has 18 heavy (non-hydrogen) atoms. The highest BCUT2D eigenvalue weighted by Crippen LogP contribution is 2.36. The van der Waals surface area contributed by atoms with Crippen molar-refractivity contribution in [3.05, 3.63) is 48.0 Å². The van der Waals surface area contributed by atoms with Crippen LogP contribution < -0.4 is 4.74 Å². The smallest absolute Gasteiger partial charge is 0.148 e. The first-order valence-electron chi connectivity index (χ1n) is 5.01. The molecule has 0 aliphatic heterocycles. The van der Waals surface area contributed by atoms with Crippen molar-refractivity contribution in [3.63, 3.8) is 0 Å². The molecule has 0 saturated heterocycles. The fourth-order valence-electron chi connectivity index (χ4n) is 1.40. The number of hydrogen-bond donors (Lipinski definition) is 0. The van der Waals surface area contributed by atoms with Gasteiger partial charge in [0.15, 0.2) is 0 Å². The van der Waals surface area contributed by atoms with E-state index in [2.05, 4.69) is 47.8 Å². The normalized spacial score (nSPS) is 10.7. The monoisotopic (exact) mass is 472 g/mol. The highest BCUT2D eigenvalue weighted by Gasteiger charge is 2.09. The minimum absolute atomic E-state index is 0.516. The van der Waals surface area contributed by atoms with E-state index < -0.39 is 0 Å². The minimum atomic E-state index is 0.516. The molecule has 0 fully saturated rings. The Morgan fingerprint density at radius 2 is 1.83 bits per heavy atom. The maximum atomic E-state index is 5.88. The maximum Gasteiger partial charge on any atom is 0.148 e. The summed E-state index contributed by atoms with van der Waals surface area (Å²) < 4.78 is 8.47. The number of benzene rings is 1. The van der Waals surface area contributed by atoms with E-state index in [9.17, 15) is 0 Å². The highest BCUT2D eigenvalue weighted by atomic mass is 79.9. The highest BCUT2D eigenvalue weighted by molar-refractivity contribution is 9.11. The van der Waals surface area contributed by atoms with Gasteiger partial charge in [-0.25, -0.2) is 0 Å². The zero-order valence-electron chi connectivity index (χ0n) is 9.05. The van der Waals surface area contributed by atoms with Crippen LogP contribution in [0.25, 0.3) is 0 Å². The van der Waals surface area contributed by atoms with Gasteiger partial charge in [0.05, 0.1) is 13.3 Å². The summed E-state index contributed by atoms with van der Waals surface area (Å²) in [7, 11) is 0. The van der Waals surface area contributed by atoms with E-state index in [0.717, 1.165) is 29.2 Å². The van der Waals surface area contributed by atoms with Gasteiger partial charge in [0.25, 0.3) is 0 Å². The second kappa shape index (κ2) is 6.75. The molecule has 1 aromatic heterocycles. The molecular formula is C12H8Br3ClOS. The summed E-state index contributed by atoms with van der Waals surface area (Å²) in [5.74, 6) is 0.809. The molecule has 1 nitrogen and oxygen atoms in total. The Balaban J connectivity index is 2.14. The van der Waals surface area contributed by atoms with Crippen LogP contribution in [0.3, 0.4) is 0 Å². The average molecular weight is 475 g/mol. The van der Waals surface area contributed by atoms with Gasteiger partial charge in [-0.2, -0.15) is 0 Å². The van der Waals surface area contributed by atoms with Crippen LogP contribution in [0.5, 0.6) is 5.75 Å². The summed E-state index contributed by atoms with van der Waals surface area (Å²) in [5.41, 5.74) is 1.18. The first-order chi connectivity index (χ1) is 8.60. The molecule has 0 bridgehead atoms. The first kappa shape index (κ1) is 14.9. The van der Waals surface area contributed by atoms with Gasteiger partial charge in [-0.1, -0.05) is 27.5 Å². The van der Waals surface area contributed by atoms with Gasteiger partial charge in [0.2, 0.25) is 0 Å². The Kier molecular flexibility index (Phi) is 5.57. The number of alkyl halides is 1. The summed E-state index contributed by atoms with van der Waals surface area (Å²) in [6.07, 6.45) is 0. The second-order valence-electron chi connectivity index (χ2n) is 3.52. The molecule has 2 aromatic rings. The molecule has 0 spiro atoms. The van der Waals surface area contributed by atoms with E-state index >= 15 is 0 Å². The second-order valence-corrected chi connectivity index (χ2v) is 7.59. The van der Waals surface area contributed by atoms with Crippen LogP contribution >= 0.6 is 70.7 Å². The molecule has 0 aliphatic rings. The Labute approximate surface area is 140 Å². The number of ether oxygens (including phenoxy) is 1. The zero-order chi connectivity index (χ0) is 13.1. The van der Waals surface area contributed by atoms with Crippen LogP contribution in [0.2, 0.25) is 4.34 Å². The molecule has 0 N–H and O–H groups in total. The molecule has 0 atom stereocenters. The van der Waals surface area contributed by atoms with Crippen LogP contribution in [0.4, 0.5) is 0 Å². The fraction of sp³-hybridized carbons (Fsp3) is 0.167. The van der Waals surface area contributed by atoms with Gasteiger partial charge in [-0.05, 0) is 61.7 Å². The molecular weight excluding hydrogens is 467 g/mol. The lowest BCUT2D eigenvalue weighted by Crippen LogP contribution is -1.95. The topological polar surface area (TPSA) is 9.23 Å². The molecule has 0 saturated carbocycles. The van der Waals surface area contributed by atoms with Gasteiger partial charge in [-0.3, -0.25) is 0 Å². The van der Waals surface area contributed by atoms with Crippen molar-refractivity contribution in [1.82, 2.24) is 0 Å². The SMILES string of the molecule is Clc1ccc(COc2c(Br)cc(CBr)cc2Br)s1. The van der Waals surface area contributed by atoms with Crippen molar-refractivity contribution >= 4 is 70.7 Å². The summed E-state index contributed by atoms with van der Waals surface area (Å²) in [6.45, 7) is 0.516. The van der Waals surface area contributed by atoms with Crippen molar-refractivity contribution in [2.75, 3.05) is 0 Å². The predicted molar refractivity (Wildman–Crippen MR) is 88.1 cm³/mol. The number of hydrogen-bond acceptors (Lipinski definition) is 2. The van der Waals surface area contributed by atoms with E-state index in [1.807, 2.05) is 24.3 Å². The van der Waals surface area contributed by atoms with Gasteiger partial charge in [0.1, 0.15) is 12.4 Å². The molecule has 0 unspecified atom stereocenters. The fourth-order valence-corrected chi connectivity index (χ4v) is 4.23. The minimum Gasteiger partial charge on any atom is -0.486 e. The summed E-state index contributed by atoms with van der Waals surface area (Å²) in [6, 6.07) is 7.93. The number of halogens is 4. The third kappa shape index (κ3) is 3.73. The average Bonchev–Trinajstić information content (AvgIpc) is 2.73. The van der Waals surface area contributed by atoms with Crippen LogP contribution in [0.1, 0.15) is 10.4 Å².